The fourth-order valence-electron chi connectivity index (χ4n) is 2.35. The molecule has 0 aliphatic carbocycles. The maximum absolute atomic E-state index is 13.0. The first-order valence-corrected chi connectivity index (χ1v) is 6.38. The molecular formula is C13H18ClFN2. The molecule has 0 aromatic heterocycles. The van der Waals surface area contributed by atoms with E-state index in [0.29, 0.717) is 11.1 Å². The van der Waals surface area contributed by atoms with Gasteiger partial charge in [0.25, 0.3) is 0 Å². The van der Waals surface area contributed by atoms with Crippen LogP contribution in [0.1, 0.15) is 25.5 Å². The van der Waals surface area contributed by atoms with Crippen molar-refractivity contribution in [3.8, 4) is 0 Å². The topological polar surface area (TPSA) is 15.3 Å². The Bertz CT molecular complexity index is 397. The molecule has 4 heteroatoms. The molecule has 1 aromatic carbocycles. The van der Waals surface area contributed by atoms with Crippen molar-refractivity contribution in [2.45, 2.75) is 25.9 Å². The highest BCUT2D eigenvalue weighted by Crippen LogP contribution is 2.28. The van der Waals surface area contributed by atoms with Gasteiger partial charge in [-0.15, -0.1) is 0 Å². The molecule has 1 aliphatic rings. The SMILES string of the molecule is CC1CN(C(C)c2ccc(F)cc2Cl)CCN1. The Morgan fingerprint density at radius 1 is 1.53 bits per heavy atom. The van der Waals surface area contributed by atoms with Crippen molar-refractivity contribution in [3.05, 3.63) is 34.6 Å². The zero-order valence-corrected chi connectivity index (χ0v) is 11.0. The number of nitrogens with zero attached hydrogens (tertiary/aromatic N) is 1. The highest BCUT2D eigenvalue weighted by atomic mass is 35.5. The van der Waals surface area contributed by atoms with E-state index >= 15 is 0 Å². The fourth-order valence-corrected chi connectivity index (χ4v) is 2.68. The van der Waals surface area contributed by atoms with Crippen LogP contribution in [-0.2, 0) is 0 Å². The summed E-state index contributed by atoms with van der Waals surface area (Å²) in [7, 11) is 0. The summed E-state index contributed by atoms with van der Waals surface area (Å²) in [5.41, 5.74) is 1.00. The molecule has 1 N–H and O–H groups in total. The largest absolute Gasteiger partial charge is 0.312 e. The van der Waals surface area contributed by atoms with Crippen LogP contribution in [0.4, 0.5) is 4.39 Å². The highest BCUT2D eigenvalue weighted by molar-refractivity contribution is 6.31. The van der Waals surface area contributed by atoms with E-state index in [0.717, 1.165) is 25.2 Å². The predicted octanol–water partition coefficient (Wildman–Crippen LogP) is 2.83. The second kappa shape index (κ2) is 5.34. The molecule has 1 aromatic rings. The van der Waals surface area contributed by atoms with Gasteiger partial charge in [0.2, 0.25) is 0 Å². The molecule has 94 valence electrons. The lowest BCUT2D eigenvalue weighted by molar-refractivity contribution is 0.158. The van der Waals surface area contributed by atoms with E-state index in [1.165, 1.54) is 12.1 Å². The lowest BCUT2D eigenvalue weighted by atomic mass is 10.0. The molecule has 17 heavy (non-hydrogen) atoms. The maximum atomic E-state index is 13.0. The number of piperazine rings is 1. The number of nitrogens with one attached hydrogen (secondary N) is 1. The van der Waals surface area contributed by atoms with Crippen molar-refractivity contribution in [2.24, 2.45) is 0 Å². The standard InChI is InChI=1S/C13H18ClFN2/c1-9-8-17(6-5-16-9)10(2)12-4-3-11(15)7-13(12)14/h3-4,7,9-10,16H,5-6,8H2,1-2H3. The zero-order valence-electron chi connectivity index (χ0n) is 10.2. The summed E-state index contributed by atoms with van der Waals surface area (Å²) >= 11 is 6.10. The van der Waals surface area contributed by atoms with Gasteiger partial charge in [0.05, 0.1) is 0 Å². The van der Waals surface area contributed by atoms with Crippen LogP contribution in [0, 0.1) is 5.82 Å². The van der Waals surface area contributed by atoms with Crippen molar-refractivity contribution in [3.63, 3.8) is 0 Å². The number of hydrogen-bond donors (Lipinski definition) is 1. The number of hydrogen-bond acceptors (Lipinski definition) is 2. The minimum atomic E-state index is -0.278. The predicted molar refractivity (Wildman–Crippen MR) is 68.9 cm³/mol. The third-order valence-electron chi connectivity index (χ3n) is 3.36. The van der Waals surface area contributed by atoms with Crippen molar-refractivity contribution in [1.82, 2.24) is 10.2 Å². The molecule has 1 heterocycles. The zero-order chi connectivity index (χ0) is 12.4. The van der Waals surface area contributed by atoms with Gasteiger partial charge in [0.15, 0.2) is 0 Å². The summed E-state index contributed by atoms with van der Waals surface area (Å²) in [4.78, 5) is 2.38. The average molecular weight is 257 g/mol. The molecule has 2 nitrogen and oxygen atoms in total. The number of benzene rings is 1. The Kier molecular flexibility index (Phi) is 4.02. The van der Waals surface area contributed by atoms with E-state index in [4.69, 9.17) is 11.6 Å². The molecule has 0 radical (unpaired) electrons. The first kappa shape index (κ1) is 12.8. The Balaban J connectivity index is 2.15. The first-order chi connectivity index (χ1) is 8.08. The summed E-state index contributed by atoms with van der Waals surface area (Å²) in [6.45, 7) is 7.28. The van der Waals surface area contributed by atoms with Crippen LogP contribution in [0.3, 0.4) is 0 Å². The average Bonchev–Trinajstić information content (AvgIpc) is 2.28. The van der Waals surface area contributed by atoms with Crippen LogP contribution >= 0.6 is 11.6 Å². The minimum absolute atomic E-state index is 0.229. The molecule has 2 unspecified atom stereocenters. The molecule has 0 spiro atoms. The third kappa shape index (κ3) is 2.97. The minimum Gasteiger partial charge on any atom is -0.312 e. The van der Waals surface area contributed by atoms with E-state index in [1.807, 2.05) is 0 Å². The van der Waals surface area contributed by atoms with Gasteiger partial charge in [0, 0.05) is 36.7 Å². The smallest absolute Gasteiger partial charge is 0.124 e. The second-order valence-corrected chi connectivity index (χ2v) is 5.10. The molecule has 0 amide bonds. The van der Waals surface area contributed by atoms with Crippen LogP contribution in [0.2, 0.25) is 5.02 Å². The summed E-state index contributed by atoms with van der Waals surface area (Å²) in [6, 6.07) is 5.37. The highest BCUT2D eigenvalue weighted by Gasteiger charge is 2.22. The molecule has 1 saturated heterocycles. The van der Waals surface area contributed by atoms with E-state index < -0.39 is 0 Å². The van der Waals surface area contributed by atoms with E-state index in [2.05, 4.69) is 24.1 Å². The lowest BCUT2D eigenvalue weighted by Crippen LogP contribution is -2.49. The Hall–Kier alpha value is -0.640. The van der Waals surface area contributed by atoms with Crippen molar-refractivity contribution in [1.29, 1.82) is 0 Å². The number of rotatable bonds is 2. The van der Waals surface area contributed by atoms with Gasteiger partial charge in [-0.2, -0.15) is 0 Å². The molecule has 2 atom stereocenters. The monoisotopic (exact) mass is 256 g/mol. The van der Waals surface area contributed by atoms with Crippen molar-refractivity contribution >= 4 is 11.6 Å². The van der Waals surface area contributed by atoms with Crippen LogP contribution in [-0.4, -0.2) is 30.6 Å². The number of halogens is 2. The first-order valence-electron chi connectivity index (χ1n) is 6.00. The van der Waals surface area contributed by atoms with Gasteiger partial charge >= 0.3 is 0 Å². The van der Waals surface area contributed by atoms with Crippen molar-refractivity contribution in [2.75, 3.05) is 19.6 Å². The van der Waals surface area contributed by atoms with Gasteiger partial charge in [0.1, 0.15) is 5.82 Å². The molecule has 0 bridgehead atoms. The van der Waals surface area contributed by atoms with Gasteiger partial charge < -0.3 is 5.32 Å². The van der Waals surface area contributed by atoms with Crippen LogP contribution in [0.15, 0.2) is 18.2 Å². The third-order valence-corrected chi connectivity index (χ3v) is 3.69. The second-order valence-electron chi connectivity index (χ2n) is 4.69. The summed E-state index contributed by atoms with van der Waals surface area (Å²) in [6.07, 6.45) is 0. The normalized spacial score (nSPS) is 23.6. The van der Waals surface area contributed by atoms with Crippen LogP contribution in [0.5, 0.6) is 0 Å². The summed E-state index contributed by atoms with van der Waals surface area (Å²) < 4.78 is 13.0. The summed E-state index contributed by atoms with van der Waals surface area (Å²) in [5, 5.41) is 3.92. The van der Waals surface area contributed by atoms with Gasteiger partial charge in [-0.3, -0.25) is 4.90 Å². The molecule has 1 aliphatic heterocycles. The van der Waals surface area contributed by atoms with Crippen LogP contribution < -0.4 is 5.32 Å². The molecule has 1 fully saturated rings. The van der Waals surface area contributed by atoms with E-state index in [-0.39, 0.29) is 11.9 Å². The maximum Gasteiger partial charge on any atom is 0.124 e. The van der Waals surface area contributed by atoms with E-state index in [9.17, 15) is 4.39 Å². The molecule has 2 rings (SSSR count). The van der Waals surface area contributed by atoms with E-state index in [1.54, 1.807) is 6.07 Å². The van der Waals surface area contributed by atoms with Gasteiger partial charge in [-0.25, -0.2) is 4.39 Å². The fraction of sp³-hybridized carbons (Fsp3) is 0.538. The van der Waals surface area contributed by atoms with Gasteiger partial charge in [-0.1, -0.05) is 17.7 Å². The quantitative estimate of drug-likeness (QED) is 0.875. The Labute approximate surface area is 107 Å². The molecule has 0 saturated carbocycles. The Morgan fingerprint density at radius 2 is 2.29 bits per heavy atom. The van der Waals surface area contributed by atoms with Gasteiger partial charge in [-0.05, 0) is 31.5 Å². The lowest BCUT2D eigenvalue weighted by Gasteiger charge is -2.36. The Morgan fingerprint density at radius 3 is 2.94 bits per heavy atom. The summed E-state index contributed by atoms with van der Waals surface area (Å²) in [5.74, 6) is -0.278. The van der Waals surface area contributed by atoms with Crippen molar-refractivity contribution < 1.29 is 4.39 Å². The molecular weight excluding hydrogens is 239 g/mol. The van der Waals surface area contributed by atoms with Crippen LogP contribution in [0.25, 0.3) is 0 Å².